The molecule has 4 atom stereocenters. The van der Waals surface area contributed by atoms with Crippen molar-refractivity contribution in [2.45, 2.75) is 24.5 Å². The Labute approximate surface area is 183 Å². The van der Waals surface area contributed by atoms with Crippen LogP contribution in [0.4, 0.5) is 0 Å². The van der Waals surface area contributed by atoms with E-state index in [1.54, 1.807) is 4.58 Å². The molecule has 2 aliphatic rings. The Hall–Kier alpha value is -3.31. The van der Waals surface area contributed by atoms with Crippen LogP contribution in [0, 0.1) is 0 Å². The van der Waals surface area contributed by atoms with Crippen LogP contribution in [0.2, 0.25) is 0 Å². The molecule has 3 N–H and O–H groups in total. The Morgan fingerprint density at radius 3 is 2.56 bits per heavy atom. The second-order valence-electron chi connectivity index (χ2n) is 7.52. The summed E-state index contributed by atoms with van der Waals surface area (Å²) in [5, 5.41) is 38.6. The highest BCUT2D eigenvalue weighted by atomic mass is 16.6. The summed E-state index contributed by atoms with van der Waals surface area (Å²) in [6.07, 6.45) is -4.18. The molecule has 10 nitrogen and oxygen atoms in total. The number of fused-ring (bicyclic) bond motifs is 1. The summed E-state index contributed by atoms with van der Waals surface area (Å²) in [6.45, 7) is -0.242. The summed E-state index contributed by atoms with van der Waals surface area (Å²) in [5.41, 5.74) is 1.61. The van der Waals surface area contributed by atoms with Crippen molar-refractivity contribution in [3.63, 3.8) is 0 Å². The predicted octanol–water partition coefficient (Wildman–Crippen LogP) is 0.949. The summed E-state index contributed by atoms with van der Waals surface area (Å²) in [4.78, 5) is 9.26. The molecule has 2 aromatic carbocycles. The average molecular weight is 436 g/mol. The zero-order valence-electron chi connectivity index (χ0n) is 17.0. The first kappa shape index (κ1) is 20.6. The molecule has 0 bridgehead atoms. The number of rotatable bonds is 6. The zero-order valence-corrected chi connectivity index (χ0v) is 17.0. The van der Waals surface area contributed by atoms with Crippen LogP contribution >= 0.6 is 0 Å². The number of para-hydroxylation sites is 1. The largest absolute Gasteiger partial charge is 0.464 e. The Bertz CT molecular complexity index is 1190. The maximum atomic E-state index is 10.3. The van der Waals surface area contributed by atoms with Crippen molar-refractivity contribution < 1.29 is 29.4 Å². The fraction of sp³-hybridized carbons (Fsp3) is 0.318. The van der Waals surface area contributed by atoms with Crippen molar-refractivity contribution >= 4 is 16.7 Å². The van der Waals surface area contributed by atoms with Crippen molar-refractivity contribution in [1.29, 1.82) is 0 Å². The van der Waals surface area contributed by atoms with Crippen LogP contribution in [0.25, 0.3) is 22.3 Å². The molecule has 5 rings (SSSR count). The molecule has 3 heterocycles. The van der Waals surface area contributed by atoms with Crippen LogP contribution in [0.5, 0.6) is 5.88 Å². The molecule has 0 aliphatic carbocycles. The molecule has 1 fully saturated rings. The van der Waals surface area contributed by atoms with Crippen LogP contribution in [0.1, 0.15) is 0 Å². The first-order valence-electron chi connectivity index (χ1n) is 10.2. The molecule has 2 aliphatic heterocycles. The van der Waals surface area contributed by atoms with Gasteiger partial charge in [0.25, 0.3) is 0 Å². The molecular weight excluding hydrogens is 414 g/mol. The topological polar surface area (TPSA) is 133 Å². The van der Waals surface area contributed by atoms with E-state index >= 15 is 0 Å². The van der Waals surface area contributed by atoms with Gasteiger partial charge < -0.3 is 24.8 Å². The van der Waals surface area contributed by atoms with Crippen molar-refractivity contribution in [2.75, 3.05) is 19.9 Å². The number of ether oxygens (including phenoxy) is 2. The van der Waals surface area contributed by atoms with E-state index in [0.29, 0.717) is 17.5 Å². The van der Waals surface area contributed by atoms with Gasteiger partial charge in [-0.25, -0.2) is 9.56 Å². The smallest absolute Gasteiger partial charge is 0.363 e. The van der Waals surface area contributed by atoms with Crippen LogP contribution in [-0.2, 0) is 4.74 Å². The van der Waals surface area contributed by atoms with Gasteiger partial charge in [-0.05, 0) is 17.2 Å². The maximum Gasteiger partial charge on any atom is 0.363 e. The van der Waals surface area contributed by atoms with Gasteiger partial charge in [0.05, 0.1) is 22.6 Å². The maximum absolute atomic E-state index is 10.3. The van der Waals surface area contributed by atoms with E-state index < -0.39 is 31.1 Å². The lowest BCUT2D eigenvalue weighted by atomic mass is 10.1. The number of nitrogens with zero attached hydrogens (tertiary/aromatic N) is 5. The summed E-state index contributed by atoms with van der Waals surface area (Å²) in [7, 11) is 0. The standard InChI is InChI=1S/C22H22N5O5/c28-10-16-18(29)19(30)22(32-16)27-12-23-26-17(27)11-31-21-14-8-4-5-9-15(14)24-20(25-21)13-6-2-1-3-7-13/h1-9,16,18-19,22,28-30H,10-12H2/q+1/t16-,18-,19-,22?/m1/s1. The molecule has 1 saturated heterocycles. The van der Waals surface area contributed by atoms with Gasteiger partial charge in [-0.2, -0.15) is 4.98 Å². The molecule has 0 amide bonds. The number of azo groups is 1. The number of aromatic nitrogens is 2. The van der Waals surface area contributed by atoms with Crippen LogP contribution < -0.4 is 4.74 Å². The normalized spacial score (nSPS) is 25.1. The lowest BCUT2D eigenvalue weighted by Gasteiger charge is -2.14. The van der Waals surface area contributed by atoms with E-state index in [9.17, 15) is 15.3 Å². The fourth-order valence-corrected chi connectivity index (χ4v) is 3.80. The lowest BCUT2D eigenvalue weighted by Crippen LogP contribution is -2.41. The van der Waals surface area contributed by atoms with E-state index in [1.807, 2.05) is 54.6 Å². The number of benzene rings is 2. The number of aliphatic hydroxyl groups is 3. The van der Waals surface area contributed by atoms with Crippen molar-refractivity contribution in [2.24, 2.45) is 10.2 Å². The van der Waals surface area contributed by atoms with Gasteiger partial charge in [-0.1, -0.05) is 42.5 Å². The van der Waals surface area contributed by atoms with E-state index in [-0.39, 0.29) is 13.3 Å². The van der Waals surface area contributed by atoms with Crippen LogP contribution in [-0.4, -0.2) is 80.1 Å². The van der Waals surface area contributed by atoms with Gasteiger partial charge >= 0.3 is 5.84 Å². The fourth-order valence-electron chi connectivity index (χ4n) is 3.80. The summed E-state index contributed by atoms with van der Waals surface area (Å²) >= 11 is 0. The van der Waals surface area contributed by atoms with Gasteiger partial charge in [0.1, 0.15) is 18.3 Å². The molecular formula is C22H22N5O5+. The number of hydrogen-bond acceptors (Lipinski definition) is 9. The Morgan fingerprint density at radius 2 is 1.78 bits per heavy atom. The molecule has 1 unspecified atom stereocenters. The molecule has 164 valence electrons. The van der Waals surface area contributed by atoms with Crippen molar-refractivity contribution in [3.05, 3.63) is 54.6 Å². The third kappa shape index (κ3) is 3.73. The molecule has 32 heavy (non-hydrogen) atoms. The third-order valence-corrected chi connectivity index (χ3v) is 5.50. The van der Waals surface area contributed by atoms with E-state index in [0.717, 1.165) is 16.5 Å². The summed E-state index contributed by atoms with van der Waals surface area (Å²) < 4.78 is 13.2. The highest BCUT2D eigenvalue weighted by Crippen LogP contribution is 2.27. The minimum absolute atomic E-state index is 0.0191. The number of aliphatic hydroxyl groups excluding tert-OH is 3. The molecule has 3 aromatic rings. The van der Waals surface area contributed by atoms with E-state index in [1.165, 1.54) is 0 Å². The SMILES string of the molecule is OC[C@H]1OC([N+]2=C(COc3nc(-c4ccccc4)nc4ccccc34)N=NC2)[C@H](O)[C@@H]1O. The highest BCUT2D eigenvalue weighted by Gasteiger charge is 2.48. The molecule has 0 spiro atoms. The monoisotopic (exact) mass is 436 g/mol. The Kier molecular flexibility index (Phi) is 5.58. The molecule has 0 radical (unpaired) electrons. The molecule has 0 saturated carbocycles. The van der Waals surface area contributed by atoms with Crippen molar-refractivity contribution in [3.8, 4) is 17.3 Å². The molecule has 1 aromatic heterocycles. The van der Waals surface area contributed by atoms with Gasteiger partial charge in [-0.3, -0.25) is 0 Å². The van der Waals surface area contributed by atoms with Crippen LogP contribution in [0.3, 0.4) is 0 Å². The van der Waals surface area contributed by atoms with Gasteiger partial charge in [0, 0.05) is 5.56 Å². The highest BCUT2D eigenvalue weighted by molar-refractivity contribution is 5.86. The van der Waals surface area contributed by atoms with Gasteiger partial charge in [-0.15, -0.1) is 0 Å². The first-order chi connectivity index (χ1) is 15.7. The summed E-state index contributed by atoms with van der Waals surface area (Å²) in [6, 6.07) is 17.2. The summed E-state index contributed by atoms with van der Waals surface area (Å²) in [5.74, 6) is 1.35. The van der Waals surface area contributed by atoms with E-state index in [4.69, 9.17) is 9.47 Å². The average Bonchev–Trinajstić information content (AvgIpc) is 3.41. The Morgan fingerprint density at radius 1 is 1.00 bits per heavy atom. The minimum Gasteiger partial charge on any atom is -0.464 e. The predicted molar refractivity (Wildman–Crippen MR) is 113 cm³/mol. The lowest BCUT2D eigenvalue weighted by molar-refractivity contribution is -0.614. The van der Waals surface area contributed by atoms with Gasteiger partial charge in [0.2, 0.25) is 18.8 Å². The van der Waals surface area contributed by atoms with Gasteiger partial charge in [0.15, 0.2) is 12.4 Å². The van der Waals surface area contributed by atoms with E-state index in [2.05, 4.69) is 20.2 Å². The second-order valence-corrected chi connectivity index (χ2v) is 7.52. The first-order valence-corrected chi connectivity index (χ1v) is 10.2. The minimum atomic E-state index is -1.21. The Balaban J connectivity index is 1.45. The number of amidine groups is 1. The molecule has 10 heteroatoms. The zero-order chi connectivity index (χ0) is 22.1. The quantitative estimate of drug-likeness (QED) is 0.490. The van der Waals surface area contributed by atoms with Crippen LogP contribution in [0.15, 0.2) is 64.8 Å². The second kappa shape index (κ2) is 8.67. The third-order valence-electron chi connectivity index (χ3n) is 5.50. The number of hydrogen-bond donors (Lipinski definition) is 3. The van der Waals surface area contributed by atoms with Crippen molar-refractivity contribution in [1.82, 2.24) is 9.97 Å².